The summed E-state index contributed by atoms with van der Waals surface area (Å²) < 4.78 is 6.31. The van der Waals surface area contributed by atoms with Crippen molar-refractivity contribution in [2.75, 3.05) is 13.2 Å². The van der Waals surface area contributed by atoms with E-state index in [9.17, 15) is 14.7 Å². The minimum absolute atomic E-state index is 0.00263. The van der Waals surface area contributed by atoms with Crippen LogP contribution in [0.1, 0.15) is 44.9 Å². The Hall–Kier alpha value is -1.00. The van der Waals surface area contributed by atoms with E-state index in [1.807, 2.05) is 6.08 Å². The lowest BCUT2D eigenvalue weighted by atomic mass is 9.51. The van der Waals surface area contributed by atoms with Gasteiger partial charge in [0.15, 0.2) is 11.6 Å². The number of Topliss-reactive ketones (excluding diaryl/α,β-unsaturated/α-hetero) is 1. The summed E-state index contributed by atoms with van der Waals surface area (Å²) in [4.78, 5) is 24.1. The first-order valence-electron chi connectivity index (χ1n) is 9.62. The van der Waals surface area contributed by atoms with Crippen LogP contribution in [0, 0.1) is 35.0 Å². The largest absolute Gasteiger partial charge is 0.389 e. The van der Waals surface area contributed by atoms with Gasteiger partial charge in [0.05, 0.1) is 12.7 Å². The zero-order valence-corrected chi connectivity index (χ0v) is 14.1. The highest BCUT2D eigenvalue weighted by Crippen LogP contribution is 2.67. The van der Waals surface area contributed by atoms with Crippen LogP contribution in [0.25, 0.3) is 0 Å². The van der Waals surface area contributed by atoms with Crippen molar-refractivity contribution in [3.8, 4) is 0 Å². The van der Waals surface area contributed by atoms with Gasteiger partial charge >= 0.3 is 0 Å². The Morgan fingerprint density at radius 2 is 2.12 bits per heavy atom. The second-order valence-corrected chi connectivity index (χ2v) is 8.76. The first-order chi connectivity index (χ1) is 11.6. The summed E-state index contributed by atoms with van der Waals surface area (Å²) >= 11 is 0. The molecule has 0 aromatic rings. The molecule has 0 amide bonds. The lowest BCUT2D eigenvalue weighted by molar-refractivity contribution is -0.131. The van der Waals surface area contributed by atoms with E-state index in [4.69, 9.17) is 4.74 Å². The standard InChI is InChI=1S/C20H26O4/c21-9-17(23)16-6-5-15-14-3-1-11-7-12(22)2-4-13(11)19(14)18-8-20(15,16)10-24-18/h7,13-16,18-19,21H,1-6,8-10H2/t13-,14+,15+,16-,18+,19-,20-/m1/s1. The van der Waals surface area contributed by atoms with Crippen molar-refractivity contribution in [3.05, 3.63) is 11.6 Å². The zero-order chi connectivity index (χ0) is 16.5. The maximum Gasteiger partial charge on any atom is 0.161 e. The molecule has 1 saturated heterocycles. The van der Waals surface area contributed by atoms with Crippen molar-refractivity contribution in [2.24, 2.45) is 35.0 Å². The molecule has 130 valence electrons. The topological polar surface area (TPSA) is 63.6 Å². The predicted octanol–water partition coefficient (Wildman–Crippen LogP) is 2.29. The van der Waals surface area contributed by atoms with Crippen LogP contribution in [0.2, 0.25) is 0 Å². The van der Waals surface area contributed by atoms with Crippen LogP contribution in [-0.2, 0) is 14.3 Å². The number of hydrogen-bond acceptors (Lipinski definition) is 4. The Labute approximate surface area is 142 Å². The highest BCUT2D eigenvalue weighted by atomic mass is 16.5. The van der Waals surface area contributed by atoms with Gasteiger partial charge in [-0.15, -0.1) is 0 Å². The van der Waals surface area contributed by atoms with E-state index in [0.717, 1.165) is 38.5 Å². The molecule has 3 saturated carbocycles. The van der Waals surface area contributed by atoms with Gasteiger partial charge in [-0.25, -0.2) is 0 Å². The molecule has 4 fully saturated rings. The molecule has 24 heavy (non-hydrogen) atoms. The minimum Gasteiger partial charge on any atom is -0.389 e. The van der Waals surface area contributed by atoms with E-state index in [2.05, 4.69) is 0 Å². The van der Waals surface area contributed by atoms with Crippen molar-refractivity contribution in [3.63, 3.8) is 0 Å². The number of carbonyl (C=O) groups excluding carboxylic acids is 2. The summed E-state index contributed by atoms with van der Waals surface area (Å²) in [6.45, 7) is 0.381. The predicted molar refractivity (Wildman–Crippen MR) is 87.1 cm³/mol. The van der Waals surface area contributed by atoms with E-state index < -0.39 is 0 Å². The van der Waals surface area contributed by atoms with Gasteiger partial charge in [-0.3, -0.25) is 9.59 Å². The van der Waals surface area contributed by atoms with Gasteiger partial charge in [0.25, 0.3) is 0 Å². The number of rotatable bonds is 2. The highest BCUT2D eigenvalue weighted by molar-refractivity contribution is 5.91. The zero-order valence-electron chi connectivity index (χ0n) is 14.1. The fraction of sp³-hybridized carbons (Fsp3) is 0.800. The smallest absolute Gasteiger partial charge is 0.161 e. The van der Waals surface area contributed by atoms with Crippen LogP contribution >= 0.6 is 0 Å². The van der Waals surface area contributed by atoms with Crippen LogP contribution in [0.15, 0.2) is 11.6 Å². The molecule has 2 bridgehead atoms. The Kier molecular flexibility index (Phi) is 3.34. The molecular formula is C20H26O4. The van der Waals surface area contributed by atoms with Crippen LogP contribution in [0.5, 0.6) is 0 Å². The van der Waals surface area contributed by atoms with Crippen molar-refractivity contribution in [1.29, 1.82) is 0 Å². The fourth-order valence-electron chi connectivity index (χ4n) is 7.31. The second-order valence-electron chi connectivity index (χ2n) is 8.76. The van der Waals surface area contributed by atoms with Crippen molar-refractivity contribution >= 4 is 11.6 Å². The maximum atomic E-state index is 12.3. The fourth-order valence-corrected chi connectivity index (χ4v) is 7.31. The van der Waals surface area contributed by atoms with E-state index in [1.54, 1.807) is 0 Å². The van der Waals surface area contributed by atoms with E-state index in [1.165, 1.54) is 5.57 Å². The molecule has 0 aromatic heterocycles. The monoisotopic (exact) mass is 330 g/mol. The number of aliphatic hydroxyl groups excluding tert-OH is 1. The molecule has 0 radical (unpaired) electrons. The van der Waals surface area contributed by atoms with Crippen LogP contribution in [0.4, 0.5) is 0 Å². The van der Waals surface area contributed by atoms with Gasteiger partial charge in [-0.2, -0.15) is 0 Å². The van der Waals surface area contributed by atoms with Crippen molar-refractivity contribution < 1.29 is 19.4 Å². The normalized spacial score (nSPS) is 49.2. The number of ether oxygens (including phenoxy) is 1. The Balaban J connectivity index is 1.50. The molecule has 0 unspecified atom stereocenters. The molecule has 0 aromatic carbocycles. The first kappa shape index (κ1) is 15.3. The first-order valence-corrected chi connectivity index (χ1v) is 9.62. The Bertz CT molecular complexity index is 623. The molecule has 1 N–H and O–H groups in total. The molecule has 5 aliphatic rings. The Morgan fingerprint density at radius 1 is 1.25 bits per heavy atom. The van der Waals surface area contributed by atoms with Crippen LogP contribution in [-0.4, -0.2) is 36.0 Å². The third-order valence-electron chi connectivity index (χ3n) is 8.09. The van der Waals surface area contributed by atoms with Gasteiger partial charge in [-0.05, 0) is 68.3 Å². The molecule has 4 heteroatoms. The molecular weight excluding hydrogens is 304 g/mol. The van der Waals surface area contributed by atoms with Gasteiger partial charge < -0.3 is 9.84 Å². The SMILES string of the molecule is O=C1C=C2CC[C@@H]3[C@H]([C@@H]4C[C@]5(CO4)[C@@H](C(=O)CO)CC[C@@H]35)[C@@H]2CC1. The summed E-state index contributed by atoms with van der Waals surface area (Å²) in [5.74, 6) is 2.60. The number of allylic oxidation sites excluding steroid dienone is 1. The minimum atomic E-state index is -0.324. The molecule has 1 aliphatic heterocycles. The maximum absolute atomic E-state index is 12.3. The van der Waals surface area contributed by atoms with Crippen LogP contribution < -0.4 is 0 Å². The molecule has 1 heterocycles. The van der Waals surface area contributed by atoms with Gasteiger partial charge in [-0.1, -0.05) is 5.57 Å². The molecule has 4 nitrogen and oxygen atoms in total. The number of aliphatic hydroxyl groups is 1. The van der Waals surface area contributed by atoms with E-state index in [0.29, 0.717) is 42.5 Å². The lowest BCUT2D eigenvalue weighted by Gasteiger charge is -2.52. The molecule has 4 aliphatic carbocycles. The average Bonchev–Trinajstić information content (AvgIpc) is 3.16. The quantitative estimate of drug-likeness (QED) is 0.844. The Morgan fingerprint density at radius 3 is 2.96 bits per heavy atom. The highest BCUT2D eigenvalue weighted by Gasteiger charge is 2.66. The summed E-state index contributed by atoms with van der Waals surface area (Å²) in [6.07, 6.45) is 9.08. The number of ketones is 2. The summed E-state index contributed by atoms with van der Waals surface area (Å²) in [6, 6.07) is 0. The lowest BCUT2D eigenvalue weighted by Crippen LogP contribution is -2.51. The van der Waals surface area contributed by atoms with Gasteiger partial charge in [0, 0.05) is 17.8 Å². The van der Waals surface area contributed by atoms with Crippen molar-refractivity contribution in [2.45, 2.75) is 51.0 Å². The summed E-state index contributed by atoms with van der Waals surface area (Å²) in [7, 11) is 0. The third-order valence-corrected chi connectivity index (χ3v) is 8.09. The summed E-state index contributed by atoms with van der Waals surface area (Å²) in [5.41, 5.74) is 1.37. The number of hydrogen-bond donors (Lipinski definition) is 1. The van der Waals surface area contributed by atoms with Crippen LogP contribution in [0.3, 0.4) is 0 Å². The second kappa shape index (κ2) is 5.25. The van der Waals surface area contributed by atoms with E-state index in [-0.39, 0.29) is 29.8 Å². The summed E-state index contributed by atoms with van der Waals surface area (Å²) in [5, 5.41) is 9.39. The van der Waals surface area contributed by atoms with E-state index >= 15 is 0 Å². The number of carbonyl (C=O) groups is 2. The molecule has 7 atom stereocenters. The average molecular weight is 330 g/mol. The molecule has 5 rings (SSSR count). The molecule has 1 spiro atoms. The van der Waals surface area contributed by atoms with Gasteiger partial charge in [0.2, 0.25) is 0 Å². The third kappa shape index (κ3) is 1.87. The number of fused-ring (bicyclic) bond motifs is 6. The van der Waals surface area contributed by atoms with Crippen molar-refractivity contribution in [1.82, 2.24) is 0 Å². The van der Waals surface area contributed by atoms with Gasteiger partial charge in [0.1, 0.15) is 6.61 Å².